The van der Waals surface area contributed by atoms with E-state index in [2.05, 4.69) is 4.37 Å². The van der Waals surface area contributed by atoms with Crippen molar-refractivity contribution in [3.05, 3.63) is 11.1 Å². The Bertz CT molecular complexity index is 234. The maximum atomic E-state index is 10.4. The summed E-state index contributed by atoms with van der Waals surface area (Å²) in [6, 6.07) is 0. The van der Waals surface area contributed by atoms with Gasteiger partial charge in [-0.2, -0.15) is 4.37 Å². The van der Waals surface area contributed by atoms with Gasteiger partial charge < -0.3 is 5.73 Å². The van der Waals surface area contributed by atoms with E-state index in [1.165, 1.54) is 0 Å². The minimum Gasteiger partial charge on any atom is -0.396 e. The maximum Gasteiger partial charge on any atom is 0.274 e. The summed E-state index contributed by atoms with van der Waals surface area (Å²) in [4.78, 5) is 10.4. The molecule has 1 rings (SSSR count). The minimum absolute atomic E-state index is 0.154. The molecule has 0 aliphatic carbocycles. The first-order valence-electron chi connectivity index (χ1n) is 2.11. The standard InChI is InChI=1S/C4H3ClN2OS/c5-4(8)3-2(6)1-9-7-3/h1H,6H2. The third-order valence-electron chi connectivity index (χ3n) is 0.783. The van der Waals surface area contributed by atoms with E-state index in [1.54, 1.807) is 5.38 Å². The number of anilines is 1. The molecule has 0 bridgehead atoms. The van der Waals surface area contributed by atoms with Crippen LogP contribution in [-0.4, -0.2) is 9.62 Å². The van der Waals surface area contributed by atoms with Gasteiger partial charge in [0.05, 0.1) is 5.69 Å². The number of nitrogens with two attached hydrogens (primary N) is 1. The zero-order chi connectivity index (χ0) is 6.85. The molecule has 0 spiro atoms. The molecular formula is C4H3ClN2OS. The second kappa shape index (κ2) is 2.33. The molecule has 1 heterocycles. The van der Waals surface area contributed by atoms with E-state index in [-0.39, 0.29) is 5.69 Å². The monoisotopic (exact) mass is 162 g/mol. The molecule has 1 aromatic heterocycles. The van der Waals surface area contributed by atoms with E-state index < -0.39 is 5.24 Å². The van der Waals surface area contributed by atoms with Crippen LogP contribution >= 0.6 is 23.1 Å². The van der Waals surface area contributed by atoms with E-state index in [0.29, 0.717) is 5.69 Å². The van der Waals surface area contributed by atoms with Crippen LogP contribution in [0.2, 0.25) is 0 Å². The maximum absolute atomic E-state index is 10.4. The number of hydrogen-bond donors (Lipinski definition) is 1. The Kier molecular flexibility index (Phi) is 1.68. The zero-order valence-corrected chi connectivity index (χ0v) is 5.87. The molecule has 0 amide bonds. The Morgan fingerprint density at radius 1 is 1.89 bits per heavy atom. The molecule has 0 unspecified atom stereocenters. The molecule has 0 atom stereocenters. The van der Waals surface area contributed by atoms with Gasteiger partial charge in [-0.05, 0) is 23.1 Å². The molecule has 0 saturated carbocycles. The Balaban J connectivity index is 3.08. The van der Waals surface area contributed by atoms with E-state index in [0.717, 1.165) is 11.5 Å². The highest BCUT2D eigenvalue weighted by Gasteiger charge is 2.07. The summed E-state index contributed by atoms with van der Waals surface area (Å²) >= 11 is 6.19. The average Bonchev–Trinajstić information content (AvgIpc) is 2.13. The first kappa shape index (κ1) is 6.51. The van der Waals surface area contributed by atoms with Gasteiger partial charge in [0.25, 0.3) is 5.24 Å². The molecular weight excluding hydrogens is 160 g/mol. The van der Waals surface area contributed by atoms with E-state index >= 15 is 0 Å². The molecule has 0 saturated heterocycles. The highest BCUT2D eigenvalue weighted by molar-refractivity contribution is 7.04. The quantitative estimate of drug-likeness (QED) is 0.630. The average molecular weight is 163 g/mol. The van der Waals surface area contributed by atoms with Crippen LogP contribution in [0.4, 0.5) is 5.69 Å². The fourth-order valence-corrected chi connectivity index (χ4v) is 1.17. The van der Waals surface area contributed by atoms with Gasteiger partial charge in [0, 0.05) is 5.38 Å². The van der Waals surface area contributed by atoms with Crippen LogP contribution in [0, 0.1) is 0 Å². The van der Waals surface area contributed by atoms with Crippen molar-refractivity contribution in [2.24, 2.45) is 0 Å². The molecule has 2 N–H and O–H groups in total. The number of carbonyl (C=O) groups is 1. The van der Waals surface area contributed by atoms with Crippen molar-refractivity contribution < 1.29 is 4.79 Å². The molecule has 5 heteroatoms. The predicted octanol–water partition coefficient (Wildman–Crippen LogP) is 1.10. The van der Waals surface area contributed by atoms with Gasteiger partial charge in [0.1, 0.15) is 0 Å². The van der Waals surface area contributed by atoms with Crippen LogP contribution in [0.1, 0.15) is 10.5 Å². The van der Waals surface area contributed by atoms with Crippen molar-refractivity contribution in [2.75, 3.05) is 5.73 Å². The number of aromatic nitrogens is 1. The van der Waals surface area contributed by atoms with Crippen LogP contribution in [0.15, 0.2) is 5.38 Å². The van der Waals surface area contributed by atoms with Crippen molar-refractivity contribution in [2.45, 2.75) is 0 Å². The lowest BCUT2D eigenvalue weighted by atomic mass is 10.4. The first-order chi connectivity index (χ1) is 4.22. The second-order valence-corrected chi connectivity index (χ2v) is 2.36. The number of nitrogens with zero attached hydrogens (tertiary/aromatic N) is 1. The highest BCUT2D eigenvalue weighted by atomic mass is 35.5. The van der Waals surface area contributed by atoms with Crippen LogP contribution in [0.25, 0.3) is 0 Å². The zero-order valence-electron chi connectivity index (χ0n) is 4.30. The Morgan fingerprint density at radius 3 is 2.78 bits per heavy atom. The normalized spacial score (nSPS) is 9.44. The van der Waals surface area contributed by atoms with E-state index in [9.17, 15) is 4.79 Å². The van der Waals surface area contributed by atoms with Crippen molar-refractivity contribution in [1.29, 1.82) is 0 Å². The molecule has 0 aliphatic heterocycles. The number of nitrogen functional groups attached to an aromatic ring is 1. The number of carbonyl (C=O) groups excluding carboxylic acids is 1. The van der Waals surface area contributed by atoms with E-state index in [4.69, 9.17) is 17.3 Å². The summed E-state index contributed by atoms with van der Waals surface area (Å²) < 4.78 is 3.65. The van der Waals surface area contributed by atoms with Crippen LogP contribution in [0.5, 0.6) is 0 Å². The lowest BCUT2D eigenvalue weighted by molar-refractivity contribution is 0.107. The first-order valence-corrected chi connectivity index (χ1v) is 3.33. The third-order valence-corrected chi connectivity index (χ3v) is 1.61. The van der Waals surface area contributed by atoms with Crippen LogP contribution < -0.4 is 5.73 Å². The summed E-state index contributed by atoms with van der Waals surface area (Å²) in [6.07, 6.45) is 0. The summed E-state index contributed by atoms with van der Waals surface area (Å²) in [6.45, 7) is 0. The molecule has 0 aromatic carbocycles. The molecule has 0 aliphatic rings. The molecule has 9 heavy (non-hydrogen) atoms. The van der Waals surface area contributed by atoms with Gasteiger partial charge in [-0.3, -0.25) is 4.79 Å². The molecule has 0 radical (unpaired) electrons. The lowest BCUT2D eigenvalue weighted by Gasteiger charge is -1.83. The van der Waals surface area contributed by atoms with Gasteiger partial charge in [0.2, 0.25) is 0 Å². The third kappa shape index (κ3) is 1.20. The van der Waals surface area contributed by atoms with Gasteiger partial charge in [-0.15, -0.1) is 0 Å². The Morgan fingerprint density at radius 2 is 2.56 bits per heavy atom. The molecule has 1 aromatic rings. The van der Waals surface area contributed by atoms with Gasteiger partial charge in [-0.25, -0.2) is 0 Å². The van der Waals surface area contributed by atoms with Crippen molar-refractivity contribution in [3.63, 3.8) is 0 Å². The fraction of sp³-hybridized carbons (Fsp3) is 0. The van der Waals surface area contributed by atoms with Gasteiger partial charge in [0.15, 0.2) is 5.69 Å². The van der Waals surface area contributed by atoms with Gasteiger partial charge >= 0.3 is 0 Å². The number of halogens is 1. The topological polar surface area (TPSA) is 56.0 Å². The number of rotatable bonds is 1. The van der Waals surface area contributed by atoms with E-state index in [1.807, 2.05) is 0 Å². The van der Waals surface area contributed by atoms with Crippen LogP contribution in [-0.2, 0) is 0 Å². The SMILES string of the molecule is Nc1csnc1C(=O)Cl. The smallest absolute Gasteiger partial charge is 0.274 e. The lowest BCUT2D eigenvalue weighted by Crippen LogP contribution is -1.94. The van der Waals surface area contributed by atoms with Crippen molar-refractivity contribution in [3.8, 4) is 0 Å². The summed E-state index contributed by atoms with van der Waals surface area (Å²) in [5.74, 6) is 0. The van der Waals surface area contributed by atoms with Crippen LogP contribution in [0.3, 0.4) is 0 Å². The predicted molar refractivity (Wildman–Crippen MR) is 36.7 cm³/mol. The number of hydrogen-bond acceptors (Lipinski definition) is 4. The Hall–Kier alpha value is -0.610. The molecule has 3 nitrogen and oxygen atoms in total. The fourth-order valence-electron chi connectivity index (χ4n) is 0.394. The second-order valence-electron chi connectivity index (χ2n) is 1.39. The highest BCUT2D eigenvalue weighted by Crippen LogP contribution is 2.13. The van der Waals surface area contributed by atoms with Crippen molar-refractivity contribution >= 4 is 34.1 Å². The van der Waals surface area contributed by atoms with Crippen molar-refractivity contribution in [1.82, 2.24) is 4.37 Å². The summed E-state index contributed by atoms with van der Waals surface area (Å²) in [7, 11) is 0. The summed E-state index contributed by atoms with van der Waals surface area (Å²) in [5, 5.41) is 0.962. The summed E-state index contributed by atoms with van der Waals surface area (Å²) in [5.41, 5.74) is 5.79. The van der Waals surface area contributed by atoms with Gasteiger partial charge in [-0.1, -0.05) is 0 Å². The molecule has 0 fully saturated rings. The Labute approximate surface area is 60.6 Å². The minimum atomic E-state index is -0.603. The largest absolute Gasteiger partial charge is 0.396 e. The molecule has 48 valence electrons.